The Morgan fingerprint density at radius 1 is 1.30 bits per heavy atom. The fraction of sp³-hybridized carbons (Fsp3) is 0.286. The molecule has 1 amide bonds. The highest BCUT2D eigenvalue weighted by Gasteiger charge is 2.40. The van der Waals surface area contributed by atoms with Crippen LogP contribution in [0.4, 0.5) is 17.6 Å². The molecule has 5 nitrogen and oxygen atoms in total. The summed E-state index contributed by atoms with van der Waals surface area (Å²) in [5.74, 6) is -1.82. The first-order valence-corrected chi connectivity index (χ1v) is 6.74. The number of hydrogen-bond acceptors (Lipinski definition) is 3. The molecule has 0 unspecified atom stereocenters. The number of nitrogens with zero attached hydrogens (tertiary/aromatic N) is 2. The van der Waals surface area contributed by atoms with Crippen LogP contribution < -0.4 is 11.1 Å². The van der Waals surface area contributed by atoms with Crippen molar-refractivity contribution in [1.82, 2.24) is 15.1 Å². The number of amides is 1. The van der Waals surface area contributed by atoms with Crippen molar-refractivity contribution in [2.75, 3.05) is 13.1 Å². The molecule has 0 fully saturated rings. The molecule has 0 bridgehead atoms. The van der Waals surface area contributed by atoms with Crippen molar-refractivity contribution in [3.8, 4) is 5.69 Å². The average Bonchev–Trinajstić information content (AvgIpc) is 2.93. The Hall–Kier alpha value is -2.42. The van der Waals surface area contributed by atoms with E-state index in [1.807, 2.05) is 0 Å². The zero-order valence-electron chi connectivity index (χ0n) is 11.9. The number of benzene rings is 1. The van der Waals surface area contributed by atoms with Gasteiger partial charge in [-0.15, -0.1) is 0 Å². The molecular weight excluding hydrogens is 316 g/mol. The third-order valence-electron chi connectivity index (χ3n) is 3.03. The third kappa shape index (κ3) is 3.67. The molecule has 0 atom stereocenters. The molecule has 2 aromatic rings. The number of halogens is 4. The fourth-order valence-corrected chi connectivity index (χ4v) is 1.99. The minimum atomic E-state index is -4.88. The van der Waals surface area contributed by atoms with Crippen molar-refractivity contribution in [1.29, 1.82) is 0 Å². The van der Waals surface area contributed by atoms with E-state index < -0.39 is 29.2 Å². The lowest BCUT2D eigenvalue weighted by Gasteiger charge is -2.13. The summed E-state index contributed by atoms with van der Waals surface area (Å²) < 4.78 is 54.1. The first kappa shape index (κ1) is 16.9. The maximum absolute atomic E-state index is 13.8. The van der Waals surface area contributed by atoms with E-state index in [4.69, 9.17) is 5.73 Å². The van der Waals surface area contributed by atoms with Gasteiger partial charge in [-0.25, -0.2) is 9.07 Å². The monoisotopic (exact) mass is 330 g/mol. The van der Waals surface area contributed by atoms with Gasteiger partial charge in [-0.3, -0.25) is 4.79 Å². The number of hydrogen-bond donors (Lipinski definition) is 2. The molecule has 9 heteroatoms. The highest BCUT2D eigenvalue weighted by Crippen LogP contribution is 2.34. The van der Waals surface area contributed by atoms with Gasteiger partial charge >= 0.3 is 6.18 Å². The highest BCUT2D eigenvalue weighted by atomic mass is 19.4. The van der Waals surface area contributed by atoms with E-state index in [9.17, 15) is 22.4 Å². The van der Waals surface area contributed by atoms with E-state index in [1.54, 1.807) is 0 Å². The minimum absolute atomic E-state index is 0.136. The van der Waals surface area contributed by atoms with Crippen LogP contribution in [0.5, 0.6) is 0 Å². The number of carbonyl (C=O) groups is 1. The summed E-state index contributed by atoms with van der Waals surface area (Å²) in [5.41, 5.74) is 2.88. The predicted octanol–water partition coefficient (Wildman–Crippen LogP) is 2.11. The number of para-hydroxylation sites is 1. The normalized spacial score (nSPS) is 11.5. The lowest BCUT2D eigenvalue weighted by molar-refractivity contribution is -0.143. The van der Waals surface area contributed by atoms with Gasteiger partial charge in [-0.2, -0.15) is 18.3 Å². The van der Waals surface area contributed by atoms with Crippen LogP contribution in [0.25, 0.3) is 5.69 Å². The van der Waals surface area contributed by atoms with Crippen LogP contribution in [-0.4, -0.2) is 28.8 Å². The summed E-state index contributed by atoms with van der Waals surface area (Å²) in [7, 11) is 0. The van der Waals surface area contributed by atoms with Crippen molar-refractivity contribution in [2.45, 2.75) is 12.6 Å². The van der Waals surface area contributed by atoms with Gasteiger partial charge in [-0.05, 0) is 25.1 Å². The Kier molecular flexibility index (Phi) is 4.99. The Bertz CT molecular complexity index is 696. The second-order valence-corrected chi connectivity index (χ2v) is 4.67. The summed E-state index contributed by atoms with van der Waals surface area (Å²) in [6.07, 6.45) is -3.68. The largest absolute Gasteiger partial charge is 0.434 e. The maximum Gasteiger partial charge on any atom is 0.434 e. The van der Waals surface area contributed by atoms with Gasteiger partial charge in [-0.1, -0.05) is 12.1 Å². The Morgan fingerprint density at radius 3 is 2.61 bits per heavy atom. The second-order valence-electron chi connectivity index (χ2n) is 4.67. The number of aromatic nitrogens is 2. The van der Waals surface area contributed by atoms with Gasteiger partial charge in [0.2, 0.25) is 0 Å². The summed E-state index contributed by atoms with van der Waals surface area (Å²) in [5, 5.41) is 5.86. The molecule has 0 saturated carbocycles. The molecular formula is C14H14F4N4O. The molecule has 0 aliphatic rings. The molecule has 2 rings (SSSR count). The van der Waals surface area contributed by atoms with Gasteiger partial charge in [0, 0.05) is 6.54 Å². The molecule has 23 heavy (non-hydrogen) atoms. The van der Waals surface area contributed by atoms with Crippen molar-refractivity contribution in [3.63, 3.8) is 0 Å². The maximum atomic E-state index is 13.8. The van der Waals surface area contributed by atoms with Crippen LogP contribution in [0.2, 0.25) is 0 Å². The number of carbonyl (C=O) groups excluding carboxylic acids is 1. The molecule has 1 aromatic carbocycles. The summed E-state index contributed by atoms with van der Waals surface area (Å²) >= 11 is 0. The van der Waals surface area contributed by atoms with Gasteiger partial charge in [0.25, 0.3) is 5.91 Å². The first-order valence-electron chi connectivity index (χ1n) is 6.74. The second kappa shape index (κ2) is 6.78. The van der Waals surface area contributed by atoms with Crippen molar-refractivity contribution >= 4 is 5.91 Å². The van der Waals surface area contributed by atoms with E-state index in [-0.39, 0.29) is 12.2 Å². The van der Waals surface area contributed by atoms with Gasteiger partial charge in [0.05, 0.1) is 11.8 Å². The van der Waals surface area contributed by atoms with E-state index in [0.29, 0.717) is 17.6 Å². The summed E-state index contributed by atoms with van der Waals surface area (Å²) in [4.78, 5) is 11.9. The molecule has 0 aliphatic heterocycles. The van der Waals surface area contributed by atoms with Crippen LogP contribution in [0.15, 0.2) is 30.5 Å². The van der Waals surface area contributed by atoms with Crippen molar-refractivity contribution < 1.29 is 22.4 Å². The summed E-state index contributed by atoms with van der Waals surface area (Å²) in [6.45, 7) is 0.429. The zero-order valence-corrected chi connectivity index (χ0v) is 11.9. The molecule has 1 aromatic heterocycles. The van der Waals surface area contributed by atoms with E-state index >= 15 is 0 Å². The standard InChI is InChI=1S/C14H14F4N4O/c15-10-4-1-2-5-11(10)22-12(14(16,17)18)9(8-21-22)13(23)20-7-3-6-19/h1-2,4-5,8H,3,6-7,19H2,(H,20,23). The molecule has 124 valence electrons. The number of alkyl halides is 3. The quantitative estimate of drug-likeness (QED) is 0.651. The first-order chi connectivity index (χ1) is 10.9. The molecule has 0 radical (unpaired) electrons. The number of nitrogens with two attached hydrogens (primary N) is 1. The molecule has 0 aliphatic carbocycles. The number of nitrogens with one attached hydrogen (secondary N) is 1. The van der Waals surface area contributed by atoms with Gasteiger partial charge in [0.15, 0.2) is 5.69 Å². The molecule has 0 saturated heterocycles. The predicted molar refractivity (Wildman–Crippen MR) is 74.5 cm³/mol. The smallest absolute Gasteiger partial charge is 0.352 e. The average molecular weight is 330 g/mol. The fourth-order valence-electron chi connectivity index (χ4n) is 1.99. The van der Waals surface area contributed by atoms with Crippen LogP contribution >= 0.6 is 0 Å². The van der Waals surface area contributed by atoms with E-state index in [2.05, 4.69) is 10.4 Å². The minimum Gasteiger partial charge on any atom is -0.352 e. The van der Waals surface area contributed by atoms with Crippen molar-refractivity contribution in [2.24, 2.45) is 5.73 Å². The number of rotatable bonds is 5. The highest BCUT2D eigenvalue weighted by molar-refractivity contribution is 5.95. The Morgan fingerprint density at radius 2 is 2.00 bits per heavy atom. The van der Waals surface area contributed by atoms with Crippen LogP contribution in [-0.2, 0) is 6.18 Å². The van der Waals surface area contributed by atoms with E-state index in [1.165, 1.54) is 12.1 Å². The topological polar surface area (TPSA) is 72.9 Å². The van der Waals surface area contributed by atoms with Crippen molar-refractivity contribution in [3.05, 3.63) is 47.5 Å². The van der Waals surface area contributed by atoms with E-state index in [0.717, 1.165) is 18.3 Å². The van der Waals surface area contributed by atoms with Crippen LogP contribution in [0, 0.1) is 5.82 Å². The lowest BCUT2D eigenvalue weighted by atomic mass is 10.2. The molecule has 3 N–H and O–H groups in total. The Balaban J connectivity index is 2.46. The zero-order chi connectivity index (χ0) is 17.0. The third-order valence-corrected chi connectivity index (χ3v) is 3.03. The molecule has 0 spiro atoms. The molecule has 1 heterocycles. The SMILES string of the molecule is NCCCNC(=O)c1cnn(-c2ccccc2F)c1C(F)(F)F. The summed E-state index contributed by atoms with van der Waals surface area (Å²) in [6, 6.07) is 4.88. The Labute approximate surface area is 129 Å². The van der Waals surface area contributed by atoms with Crippen LogP contribution in [0.3, 0.4) is 0 Å². The van der Waals surface area contributed by atoms with Crippen LogP contribution in [0.1, 0.15) is 22.5 Å². The van der Waals surface area contributed by atoms with Gasteiger partial charge < -0.3 is 11.1 Å². The lowest BCUT2D eigenvalue weighted by Crippen LogP contribution is -2.28. The van der Waals surface area contributed by atoms with Gasteiger partial charge in [0.1, 0.15) is 11.5 Å².